The van der Waals surface area contributed by atoms with Crippen molar-refractivity contribution in [2.45, 2.75) is 34.6 Å². The maximum atomic E-state index is 3.98. The maximum absolute atomic E-state index is 3.98. The van der Waals surface area contributed by atoms with E-state index in [0.29, 0.717) is 0 Å². The Hall–Kier alpha value is -2.38. The van der Waals surface area contributed by atoms with Crippen molar-refractivity contribution in [3.05, 3.63) is 30.6 Å². The predicted molar refractivity (Wildman–Crippen MR) is 59.3 cm³/mol. The summed E-state index contributed by atoms with van der Waals surface area (Å²) in [6.45, 7) is 10.00. The van der Waals surface area contributed by atoms with E-state index in [4.69, 9.17) is 0 Å². The molecule has 0 aliphatic carbocycles. The Kier molecular flexibility index (Phi) is 8.29. The van der Waals surface area contributed by atoms with Crippen molar-refractivity contribution in [2.75, 3.05) is 0 Å². The fourth-order valence-electron chi connectivity index (χ4n) is 0.926. The summed E-state index contributed by atoms with van der Waals surface area (Å²) in [5, 5.41) is 0. The maximum Gasteiger partial charge on any atom is 0.0419 e. The molecule has 2 heterocycles. The molecule has 0 radical (unpaired) electrons. The van der Waals surface area contributed by atoms with Gasteiger partial charge in [-0.25, -0.2) is 0 Å². The van der Waals surface area contributed by atoms with Crippen LogP contribution in [-0.2, 0) is 0 Å². The van der Waals surface area contributed by atoms with E-state index in [0.717, 1.165) is 11.1 Å². The summed E-state index contributed by atoms with van der Waals surface area (Å²) in [4.78, 5) is 7.84. The first-order valence-electron chi connectivity index (χ1n) is 5.03. The van der Waals surface area contributed by atoms with Gasteiger partial charge in [-0.2, -0.15) is 0 Å². The SMILES string of the molecule is CC.CC.Cc1cncn2[c-]ncc12.[Rf]. The topological polar surface area (TPSA) is 30.2 Å². The van der Waals surface area contributed by atoms with Gasteiger partial charge in [-0.3, -0.25) is 4.98 Å². The van der Waals surface area contributed by atoms with Crippen LogP contribution in [0.1, 0.15) is 33.3 Å². The molecule has 15 heavy (non-hydrogen) atoms. The smallest absolute Gasteiger partial charge is 0.0419 e. The van der Waals surface area contributed by atoms with E-state index < -0.39 is 0 Å². The number of hydrogen-bond donors (Lipinski definition) is 0. The summed E-state index contributed by atoms with van der Waals surface area (Å²) >= 11 is 0. The van der Waals surface area contributed by atoms with E-state index >= 15 is 0 Å². The Morgan fingerprint density at radius 1 is 1.13 bits per heavy atom. The van der Waals surface area contributed by atoms with Crippen LogP contribution in [0.25, 0.3) is 5.52 Å². The van der Waals surface area contributed by atoms with Crippen molar-refractivity contribution in [1.82, 2.24) is 14.4 Å². The van der Waals surface area contributed by atoms with Crippen molar-refractivity contribution in [1.29, 1.82) is 0 Å². The summed E-state index contributed by atoms with van der Waals surface area (Å²) < 4.78 is 1.77. The second-order valence-corrected chi connectivity index (χ2v) is 2.19. The van der Waals surface area contributed by atoms with Crippen LogP contribution in [0.4, 0.5) is 0 Å². The Bertz CT molecular complexity index is 357. The number of imidazole rings is 1. The average molecular weight is 459 g/mol. The fourth-order valence-corrected chi connectivity index (χ4v) is 0.926. The Morgan fingerprint density at radius 3 is 2.27 bits per heavy atom. The van der Waals surface area contributed by atoms with E-state index in [1.54, 1.807) is 16.9 Å². The molecule has 0 atom stereocenters. The van der Waals surface area contributed by atoms with Crippen LogP contribution in [0.5, 0.6) is 0 Å². The fraction of sp³-hybridized carbons (Fsp3) is 0.455. The molecule has 0 spiro atoms. The van der Waals surface area contributed by atoms with Crippen molar-refractivity contribution in [2.24, 2.45) is 0 Å². The molecular formula is C11H18N3Rf-. The first kappa shape index (κ1) is 15.1. The second-order valence-electron chi connectivity index (χ2n) is 2.19. The van der Waals surface area contributed by atoms with Gasteiger partial charge >= 0.3 is 0 Å². The summed E-state index contributed by atoms with van der Waals surface area (Å²) in [6.07, 6.45) is 8.04. The molecule has 0 unspecified atom stereocenters. The molecule has 0 fully saturated rings. The van der Waals surface area contributed by atoms with Gasteiger partial charge in [-0.05, 0) is 6.92 Å². The van der Waals surface area contributed by atoms with Crippen molar-refractivity contribution >= 4 is 5.52 Å². The quantitative estimate of drug-likeness (QED) is 0.568. The molecular weight excluding hydrogens is 441 g/mol. The Labute approximate surface area is 85.8 Å². The van der Waals surface area contributed by atoms with Crippen LogP contribution < -0.4 is 0 Å². The second kappa shape index (κ2) is 8.23. The van der Waals surface area contributed by atoms with Gasteiger partial charge in [0.25, 0.3) is 0 Å². The van der Waals surface area contributed by atoms with Gasteiger partial charge in [0, 0.05) is 18.9 Å². The molecule has 0 saturated carbocycles. The number of rotatable bonds is 0. The molecule has 0 N–H and O–H groups in total. The normalized spacial score (nSPS) is 7.80. The van der Waals surface area contributed by atoms with Gasteiger partial charge in [0.1, 0.15) is 0 Å². The number of aromatic nitrogens is 3. The molecule has 2 aromatic rings. The minimum absolute atomic E-state index is 0. The molecule has 3 nitrogen and oxygen atoms in total. The Morgan fingerprint density at radius 2 is 1.73 bits per heavy atom. The van der Waals surface area contributed by atoms with Crippen LogP contribution in [0.2, 0.25) is 0 Å². The van der Waals surface area contributed by atoms with Crippen molar-refractivity contribution in [3.63, 3.8) is 0 Å². The van der Waals surface area contributed by atoms with Gasteiger partial charge in [-0.15, -0.1) is 0 Å². The summed E-state index contributed by atoms with van der Waals surface area (Å²) in [5.74, 6) is 0. The molecule has 0 amide bonds. The van der Waals surface area contributed by atoms with Crippen LogP contribution >= 0.6 is 0 Å². The monoisotopic (exact) mass is 459 g/mol. The van der Waals surface area contributed by atoms with Crippen LogP contribution in [0.3, 0.4) is 0 Å². The third-order valence-corrected chi connectivity index (χ3v) is 1.47. The summed E-state index contributed by atoms with van der Waals surface area (Å²) in [5.41, 5.74) is 2.19. The molecule has 2 rings (SSSR count). The van der Waals surface area contributed by atoms with Gasteiger partial charge in [0.15, 0.2) is 0 Å². The number of aryl methyl sites for hydroxylation is 1. The van der Waals surface area contributed by atoms with Gasteiger partial charge in [0.05, 0.1) is 0 Å². The van der Waals surface area contributed by atoms with Gasteiger partial charge in [-0.1, -0.05) is 45.0 Å². The standard InChI is InChI=1S/C7H6N3.2C2H6.Rf/c1-6-2-8-4-10-5-9-3-7(6)10;2*1-2;/h2-4H,1H3;2*1-2H3;/q-1;;;. The van der Waals surface area contributed by atoms with E-state index in [9.17, 15) is 0 Å². The van der Waals surface area contributed by atoms with Gasteiger partial charge < -0.3 is 9.38 Å². The van der Waals surface area contributed by atoms with E-state index in [1.165, 1.54) is 0 Å². The minimum Gasteiger partial charge on any atom is -0.418 e. The molecule has 0 bridgehead atoms. The largest absolute Gasteiger partial charge is 0.418 e. The van der Waals surface area contributed by atoms with E-state index in [2.05, 4.69) is 16.3 Å². The first-order chi connectivity index (χ1) is 6.88. The first-order valence-corrected chi connectivity index (χ1v) is 5.03. The number of hydrogen-bond acceptors (Lipinski definition) is 2. The van der Waals surface area contributed by atoms with Crippen LogP contribution in [0.15, 0.2) is 18.7 Å². The van der Waals surface area contributed by atoms with Crippen LogP contribution in [0, 0.1) is 13.3 Å². The summed E-state index contributed by atoms with van der Waals surface area (Å²) in [6, 6.07) is 0. The average Bonchev–Trinajstić information content (AvgIpc) is 2.73. The van der Waals surface area contributed by atoms with Crippen LogP contribution in [-0.4, -0.2) is 14.4 Å². The number of fused-ring (bicyclic) bond motifs is 1. The number of nitrogens with zero attached hydrogens (tertiary/aromatic N) is 3. The van der Waals surface area contributed by atoms with Gasteiger partial charge in [0.2, 0.25) is 0 Å². The zero-order chi connectivity index (χ0) is 11.0. The Balaban J connectivity index is 0. The third kappa shape index (κ3) is 3.46. The molecule has 4 heteroatoms. The zero-order valence-corrected chi connectivity index (χ0v) is 16.7. The third-order valence-electron chi connectivity index (χ3n) is 1.47. The minimum atomic E-state index is 0. The molecule has 0 saturated heterocycles. The summed E-state index contributed by atoms with van der Waals surface area (Å²) in [7, 11) is 0. The zero-order valence-electron chi connectivity index (χ0n) is 10.3. The van der Waals surface area contributed by atoms with E-state index in [1.807, 2.05) is 40.8 Å². The van der Waals surface area contributed by atoms with Crippen molar-refractivity contribution in [3.8, 4) is 0 Å². The molecule has 80 valence electrons. The molecule has 0 aliphatic heterocycles. The van der Waals surface area contributed by atoms with Crippen molar-refractivity contribution < 1.29 is 0 Å². The van der Waals surface area contributed by atoms with E-state index in [-0.39, 0.29) is 0 Å². The molecule has 2 aromatic heterocycles. The predicted octanol–water partition coefficient (Wildman–Crippen LogP) is 2.89. The molecule has 0 aromatic carbocycles. The molecule has 0 aliphatic rings.